The van der Waals surface area contributed by atoms with E-state index in [1.807, 2.05) is 6.92 Å². The quantitative estimate of drug-likeness (QED) is 0.0509. The Morgan fingerprint density at radius 2 is 1.20 bits per heavy atom. The standard InChI is InChI=1S/C39H82NO5Si/c1-9-11-12-13-14-15-16-17-18-19-20-21-22-23-24-25-27-40(7,8)28-26-29-46(44-33-38(41)10-2)43-32-37(36(5)6)31-42-39(34-45-46)30-35(3)4/h35-39,41H,9-34H2,1-8H3/q+1. The molecule has 0 amide bonds. The minimum atomic E-state index is -2.98. The minimum Gasteiger partial charge on any atom is -0.391 e. The molecule has 0 aliphatic carbocycles. The summed E-state index contributed by atoms with van der Waals surface area (Å²) in [6, 6.07) is 0.795. The molecular weight excluding hydrogens is 591 g/mol. The average Bonchev–Trinajstić information content (AvgIpc) is 3.09. The normalized spacial score (nSPS) is 22.2. The Kier molecular flexibility index (Phi) is 25.6. The Morgan fingerprint density at radius 3 is 1.70 bits per heavy atom. The van der Waals surface area contributed by atoms with Gasteiger partial charge < -0.3 is 27.6 Å². The summed E-state index contributed by atoms with van der Waals surface area (Å²) in [5, 5.41) is 10.4. The molecule has 46 heavy (non-hydrogen) atoms. The van der Waals surface area contributed by atoms with Crippen LogP contribution in [0.25, 0.3) is 0 Å². The first kappa shape index (κ1) is 44.0. The van der Waals surface area contributed by atoms with E-state index in [0.29, 0.717) is 44.0 Å². The highest BCUT2D eigenvalue weighted by Crippen LogP contribution is 2.27. The van der Waals surface area contributed by atoms with Crippen LogP contribution in [0.2, 0.25) is 6.04 Å². The fraction of sp³-hybridized carbons (Fsp3) is 1.00. The van der Waals surface area contributed by atoms with Crippen molar-refractivity contribution in [3.8, 4) is 0 Å². The summed E-state index contributed by atoms with van der Waals surface area (Å²) in [6.45, 7) is 17.6. The third-order valence-electron chi connectivity index (χ3n) is 10.1. The summed E-state index contributed by atoms with van der Waals surface area (Å²) in [5.74, 6) is 1.31. The number of ether oxygens (including phenoxy) is 1. The molecule has 0 spiro atoms. The van der Waals surface area contributed by atoms with Crippen LogP contribution in [0.1, 0.15) is 164 Å². The van der Waals surface area contributed by atoms with Crippen molar-refractivity contribution in [3.05, 3.63) is 0 Å². The molecule has 0 saturated carbocycles. The highest BCUT2D eigenvalue weighted by Gasteiger charge is 2.44. The molecule has 1 N–H and O–H groups in total. The Balaban J connectivity index is 2.42. The number of quaternary nitrogens is 1. The van der Waals surface area contributed by atoms with Crippen LogP contribution < -0.4 is 0 Å². The van der Waals surface area contributed by atoms with Crippen LogP contribution >= 0.6 is 0 Å². The molecule has 0 radical (unpaired) electrons. The van der Waals surface area contributed by atoms with Crippen LogP contribution in [0, 0.1) is 17.8 Å². The second-order valence-corrected chi connectivity index (χ2v) is 18.8. The van der Waals surface area contributed by atoms with Crippen molar-refractivity contribution in [3.63, 3.8) is 0 Å². The zero-order chi connectivity index (χ0) is 34.1. The highest BCUT2D eigenvalue weighted by molar-refractivity contribution is 6.60. The number of rotatable bonds is 28. The maximum Gasteiger partial charge on any atom is 0.501 e. The maximum atomic E-state index is 10.4. The van der Waals surface area contributed by atoms with Gasteiger partial charge in [-0.1, -0.05) is 131 Å². The second-order valence-electron chi connectivity index (χ2n) is 16.1. The van der Waals surface area contributed by atoms with Crippen molar-refractivity contribution in [1.82, 2.24) is 0 Å². The van der Waals surface area contributed by atoms with Gasteiger partial charge in [0.25, 0.3) is 0 Å². The molecule has 1 aliphatic rings. The first-order chi connectivity index (χ1) is 22.0. The van der Waals surface area contributed by atoms with Crippen molar-refractivity contribution < 1.29 is 27.6 Å². The number of nitrogens with zero attached hydrogens (tertiary/aromatic N) is 1. The van der Waals surface area contributed by atoms with E-state index in [0.717, 1.165) is 29.9 Å². The van der Waals surface area contributed by atoms with Gasteiger partial charge in [0.1, 0.15) is 0 Å². The van der Waals surface area contributed by atoms with Crippen molar-refractivity contribution >= 4 is 8.80 Å². The van der Waals surface area contributed by atoms with E-state index in [1.54, 1.807) is 0 Å². The molecule has 1 heterocycles. The molecule has 276 valence electrons. The molecule has 1 fully saturated rings. The zero-order valence-corrected chi connectivity index (χ0v) is 33.3. The number of unbranched alkanes of at least 4 members (excludes halogenated alkanes) is 15. The second kappa shape index (κ2) is 26.8. The number of aliphatic hydroxyl groups is 1. The van der Waals surface area contributed by atoms with E-state index in [9.17, 15) is 5.11 Å². The van der Waals surface area contributed by atoms with Gasteiger partial charge in [-0.3, -0.25) is 0 Å². The lowest BCUT2D eigenvalue weighted by molar-refractivity contribution is -0.890. The third kappa shape index (κ3) is 22.6. The molecule has 1 aliphatic heterocycles. The average molecular weight is 673 g/mol. The molecule has 0 aromatic heterocycles. The van der Waals surface area contributed by atoms with Crippen molar-refractivity contribution in [1.29, 1.82) is 0 Å². The number of hydrogen-bond acceptors (Lipinski definition) is 5. The van der Waals surface area contributed by atoms with Gasteiger partial charge in [0.05, 0.1) is 59.2 Å². The van der Waals surface area contributed by atoms with E-state index in [-0.39, 0.29) is 12.7 Å². The van der Waals surface area contributed by atoms with Crippen molar-refractivity contribution in [2.45, 2.75) is 182 Å². The van der Waals surface area contributed by atoms with Gasteiger partial charge in [0.15, 0.2) is 0 Å². The molecule has 1 rings (SSSR count). The Morgan fingerprint density at radius 1 is 0.696 bits per heavy atom. The molecule has 7 heteroatoms. The van der Waals surface area contributed by atoms with E-state index >= 15 is 0 Å². The molecule has 4 atom stereocenters. The zero-order valence-electron chi connectivity index (χ0n) is 32.3. The summed E-state index contributed by atoms with van der Waals surface area (Å²) in [4.78, 5) is 0. The topological polar surface area (TPSA) is 57.2 Å². The van der Waals surface area contributed by atoms with E-state index in [4.69, 9.17) is 18.0 Å². The Labute approximate surface area is 289 Å². The summed E-state index contributed by atoms with van der Waals surface area (Å²) in [7, 11) is 1.75. The van der Waals surface area contributed by atoms with Crippen molar-refractivity contribution in [2.24, 2.45) is 17.8 Å². The number of hydrogen-bond donors (Lipinski definition) is 1. The lowest BCUT2D eigenvalue weighted by Crippen LogP contribution is -2.50. The minimum absolute atomic E-state index is 0.0525. The molecule has 0 aromatic carbocycles. The van der Waals surface area contributed by atoms with E-state index in [1.165, 1.54) is 109 Å². The Hall–Kier alpha value is -0.0231. The monoisotopic (exact) mass is 673 g/mol. The molecule has 6 nitrogen and oxygen atoms in total. The lowest BCUT2D eigenvalue weighted by Gasteiger charge is -2.34. The van der Waals surface area contributed by atoms with Crippen molar-refractivity contribution in [2.75, 3.05) is 53.6 Å². The molecule has 1 saturated heterocycles. The molecule has 4 unspecified atom stereocenters. The summed E-state index contributed by atoms with van der Waals surface area (Å²) in [6.07, 6.45) is 24.8. The van der Waals surface area contributed by atoms with Gasteiger partial charge in [0.2, 0.25) is 0 Å². The van der Waals surface area contributed by atoms with Gasteiger partial charge in [-0.15, -0.1) is 0 Å². The van der Waals surface area contributed by atoms with Gasteiger partial charge in [0, 0.05) is 25.0 Å². The number of aliphatic hydroxyl groups excluding tert-OH is 1. The SMILES string of the molecule is CCCCCCCCCCCCCCCCCC[N+](C)(C)CCC[Si]1(OCC(O)CC)OCC(CC(C)C)OCC(C(C)C)CO1. The smallest absolute Gasteiger partial charge is 0.391 e. The van der Waals surface area contributed by atoms with E-state index in [2.05, 4.69) is 48.7 Å². The maximum absolute atomic E-state index is 10.4. The fourth-order valence-electron chi connectivity index (χ4n) is 6.46. The Bertz CT molecular complexity index is 693. The molecular formula is C39H82NO5Si+. The lowest BCUT2D eigenvalue weighted by atomic mass is 9.98. The van der Waals surface area contributed by atoms with Gasteiger partial charge >= 0.3 is 8.80 Å². The van der Waals surface area contributed by atoms with Crippen LogP contribution in [0.15, 0.2) is 0 Å². The van der Waals surface area contributed by atoms with Gasteiger partial charge in [-0.05, 0) is 37.5 Å². The van der Waals surface area contributed by atoms with Crippen LogP contribution in [-0.4, -0.2) is 84.2 Å². The van der Waals surface area contributed by atoms with Crippen LogP contribution in [0.4, 0.5) is 0 Å². The summed E-state index contributed by atoms with van der Waals surface area (Å²) < 4.78 is 27.2. The van der Waals surface area contributed by atoms with E-state index < -0.39 is 14.9 Å². The highest BCUT2D eigenvalue weighted by atomic mass is 28.4. The van der Waals surface area contributed by atoms with Gasteiger partial charge in [-0.2, -0.15) is 0 Å². The summed E-state index contributed by atoms with van der Waals surface area (Å²) >= 11 is 0. The molecule has 0 bridgehead atoms. The molecule has 0 aromatic rings. The predicted octanol–water partition coefficient (Wildman–Crippen LogP) is 10.2. The van der Waals surface area contributed by atoms with Gasteiger partial charge in [-0.25, -0.2) is 0 Å². The fourth-order valence-corrected chi connectivity index (χ4v) is 9.09. The largest absolute Gasteiger partial charge is 0.501 e. The van der Waals surface area contributed by atoms with Crippen LogP contribution in [-0.2, 0) is 18.0 Å². The first-order valence-electron chi connectivity index (χ1n) is 20.1. The summed E-state index contributed by atoms with van der Waals surface area (Å²) in [5.41, 5.74) is 0. The first-order valence-corrected chi connectivity index (χ1v) is 22.0. The van der Waals surface area contributed by atoms with Crippen LogP contribution in [0.3, 0.4) is 0 Å². The van der Waals surface area contributed by atoms with Crippen LogP contribution in [0.5, 0.6) is 0 Å². The third-order valence-corrected chi connectivity index (χ3v) is 12.8. The predicted molar refractivity (Wildman–Crippen MR) is 198 cm³/mol.